The Balaban J connectivity index is 1.51. The highest BCUT2D eigenvalue weighted by Gasteiger charge is 2.21. The number of hydrogen-bond acceptors (Lipinski definition) is 8. The highest BCUT2D eigenvalue weighted by Crippen LogP contribution is 2.37. The Bertz CT molecular complexity index is 1230. The zero-order valence-corrected chi connectivity index (χ0v) is 18.6. The lowest BCUT2D eigenvalue weighted by molar-refractivity contribution is -0.605. The van der Waals surface area contributed by atoms with Crippen LogP contribution in [0.3, 0.4) is 0 Å². The molecule has 0 spiro atoms. The molecule has 34 heavy (non-hydrogen) atoms. The maximum Gasteiger partial charge on any atom is 0.204 e. The van der Waals surface area contributed by atoms with E-state index in [2.05, 4.69) is 25.5 Å². The predicted octanol–water partition coefficient (Wildman–Crippen LogP) is 3.36. The molecule has 0 aliphatic carbocycles. The first-order chi connectivity index (χ1) is 16.7. The summed E-state index contributed by atoms with van der Waals surface area (Å²) in [5.41, 5.74) is 3.49. The monoisotopic (exact) mass is 460 g/mol. The van der Waals surface area contributed by atoms with Gasteiger partial charge in [-0.05, 0) is 54.1 Å². The number of benzene rings is 2. The molecule has 3 heterocycles. The molecule has 1 fully saturated rings. The SMILES string of the molecule is COc1ccc(N(Cc2ccc[n+]([O-])c2)c2ccc(-c3nn[nH]n3)cc2)cc1OC1CCCO1. The summed E-state index contributed by atoms with van der Waals surface area (Å²) in [6.07, 6.45) is 4.54. The van der Waals surface area contributed by atoms with Gasteiger partial charge in [0, 0.05) is 41.1 Å². The Morgan fingerprint density at radius 1 is 1.15 bits per heavy atom. The zero-order valence-electron chi connectivity index (χ0n) is 18.6. The first-order valence-electron chi connectivity index (χ1n) is 10.9. The molecule has 10 heteroatoms. The number of anilines is 2. The number of rotatable bonds is 8. The number of nitrogens with zero attached hydrogens (tertiary/aromatic N) is 5. The molecule has 0 radical (unpaired) electrons. The molecular formula is C24H24N6O4. The van der Waals surface area contributed by atoms with E-state index in [1.165, 1.54) is 6.20 Å². The Kier molecular flexibility index (Phi) is 6.21. The Morgan fingerprint density at radius 2 is 2.00 bits per heavy atom. The molecule has 1 saturated heterocycles. The highest BCUT2D eigenvalue weighted by atomic mass is 16.7. The van der Waals surface area contributed by atoms with Crippen LogP contribution in [0, 0.1) is 5.21 Å². The fraction of sp³-hybridized carbons (Fsp3) is 0.250. The molecule has 1 atom stereocenters. The molecule has 0 bridgehead atoms. The number of H-pyrrole nitrogens is 1. The molecular weight excluding hydrogens is 436 g/mol. The van der Waals surface area contributed by atoms with Gasteiger partial charge < -0.3 is 24.3 Å². The van der Waals surface area contributed by atoms with Crippen LogP contribution in [0.25, 0.3) is 11.4 Å². The molecule has 4 aromatic rings. The lowest BCUT2D eigenvalue weighted by Gasteiger charge is -2.26. The number of pyridine rings is 1. The van der Waals surface area contributed by atoms with E-state index in [0.29, 0.717) is 30.5 Å². The summed E-state index contributed by atoms with van der Waals surface area (Å²) in [7, 11) is 1.61. The summed E-state index contributed by atoms with van der Waals surface area (Å²) in [4.78, 5) is 2.09. The second-order valence-electron chi connectivity index (χ2n) is 7.84. The number of aromatic amines is 1. The van der Waals surface area contributed by atoms with Crippen molar-refractivity contribution < 1.29 is 18.9 Å². The molecule has 1 aliphatic rings. The maximum atomic E-state index is 11.9. The Hall–Kier alpha value is -4.18. The number of aromatic nitrogens is 5. The van der Waals surface area contributed by atoms with Crippen LogP contribution in [0.4, 0.5) is 11.4 Å². The number of methoxy groups -OCH3 is 1. The zero-order chi connectivity index (χ0) is 23.3. The van der Waals surface area contributed by atoms with Gasteiger partial charge in [-0.15, -0.1) is 10.2 Å². The normalized spacial score (nSPS) is 15.3. The van der Waals surface area contributed by atoms with E-state index in [4.69, 9.17) is 14.2 Å². The number of tetrazole rings is 1. The molecule has 1 unspecified atom stereocenters. The topological polar surface area (TPSA) is 112 Å². The van der Waals surface area contributed by atoms with Crippen LogP contribution in [-0.4, -0.2) is 40.6 Å². The van der Waals surface area contributed by atoms with Crippen molar-refractivity contribution in [2.45, 2.75) is 25.7 Å². The molecule has 2 aromatic carbocycles. The lowest BCUT2D eigenvalue weighted by Crippen LogP contribution is -2.26. The van der Waals surface area contributed by atoms with Gasteiger partial charge in [-0.3, -0.25) is 0 Å². The summed E-state index contributed by atoms with van der Waals surface area (Å²) in [5.74, 6) is 1.75. The fourth-order valence-corrected chi connectivity index (χ4v) is 3.89. The molecule has 0 saturated carbocycles. The Labute approximate surface area is 196 Å². The first kappa shape index (κ1) is 21.7. The average molecular weight is 460 g/mol. The molecule has 0 amide bonds. The van der Waals surface area contributed by atoms with Crippen molar-refractivity contribution in [1.82, 2.24) is 20.6 Å². The second-order valence-corrected chi connectivity index (χ2v) is 7.84. The largest absolute Gasteiger partial charge is 0.619 e. The van der Waals surface area contributed by atoms with Gasteiger partial charge in [0.15, 0.2) is 30.2 Å². The van der Waals surface area contributed by atoms with E-state index in [1.807, 2.05) is 48.5 Å². The minimum atomic E-state index is -0.291. The molecule has 1 N–H and O–H groups in total. The summed E-state index contributed by atoms with van der Waals surface area (Å²) < 4.78 is 18.1. The Morgan fingerprint density at radius 3 is 2.71 bits per heavy atom. The second kappa shape index (κ2) is 9.75. The molecule has 5 rings (SSSR count). The van der Waals surface area contributed by atoms with E-state index in [1.54, 1.807) is 19.4 Å². The van der Waals surface area contributed by atoms with Gasteiger partial charge in [-0.1, -0.05) is 0 Å². The third kappa shape index (κ3) is 4.76. The lowest BCUT2D eigenvalue weighted by atomic mass is 10.1. The van der Waals surface area contributed by atoms with E-state index in [9.17, 15) is 5.21 Å². The first-order valence-corrected chi connectivity index (χ1v) is 10.9. The van der Waals surface area contributed by atoms with Crippen LogP contribution < -0.4 is 19.1 Å². The highest BCUT2D eigenvalue weighted by molar-refractivity contribution is 5.69. The van der Waals surface area contributed by atoms with E-state index < -0.39 is 0 Å². The van der Waals surface area contributed by atoms with Crippen LogP contribution in [0.2, 0.25) is 0 Å². The van der Waals surface area contributed by atoms with Crippen molar-refractivity contribution in [3.63, 3.8) is 0 Å². The van der Waals surface area contributed by atoms with E-state index in [-0.39, 0.29) is 6.29 Å². The van der Waals surface area contributed by atoms with Crippen molar-refractivity contribution in [3.8, 4) is 22.9 Å². The number of ether oxygens (including phenoxy) is 3. The van der Waals surface area contributed by atoms with Crippen molar-refractivity contribution in [3.05, 3.63) is 77.8 Å². The van der Waals surface area contributed by atoms with Crippen LogP contribution in [0.15, 0.2) is 67.0 Å². The molecule has 1 aliphatic heterocycles. The fourth-order valence-electron chi connectivity index (χ4n) is 3.89. The number of nitrogens with one attached hydrogen (secondary N) is 1. The van der Waals surface area contributed by atoms with Crippen LogP contribution in [-0.2, 0) is 11.3 Å². The standard InChI is InChI=1S/C24H24N6O4/c1-32-21-11-10-20(14-22(21)34-23-5-3-13-33-23)30(16-17-4-2-12-29(31)15-17)19-8-6-18(7-9-19)24-25-27-28-26-24/h2,4,6-12,14-15,23H,3,5,13,16H2,1H3,(H,25,26,27,28). The van der Waals surface area contributed by atoms with Crippen molar-refractivity contribution in [1.29, 1.82) is 0 Å². The molecule has 2 aromatic heterocycles. The average Bonchev–Trinajstić information content (AvgIpc) is 3.58. The van der Waals surface area contributed by atoms with Gasteiger partial charge in [0.2, 0.25) is 5.82 Å². The third-order valence-corrected chi connectivity index (χ3v) is 5.56. The van der Waals surface area contributed by atoms with Crippen molar-refractivity contribution >= 4 is 11.4 Å². The van der Waals surface area contributed by atoms with Gasteiger partial charge >= 0.3 is 0 Å². The molecule has 174 valence electrons. The minimum absolute atomic E-state index is 0.291. The van der Waals surface area contributed by atoms with Gasteiger partial charge in [-0.2, -0.15) is 9.94 Å². The summed E-state index contributed by atoms with van der Waals surface area (Å²) >= 11 is 0. The smallest absolute Gasteiger partial charge is 0.204 e. The summed E-state index contributed by atoms with van der Waals surface area (Å²) in [6.45, 7) is 1.16. The summed E-state index contributed by atoms with van der Waals surface area (Å²) in [5, 5.41) is 26.0. The van der Waals surface area contributed by atoms with E-state index >= 15 is 0 Å². The number of hydrogen-bond donors (Lipinski definition) is 1. The van der Waals surface area contributed by atoms with Gasteiger partial charge in [0.25, 0.3) is 0 Å². The quantitative estimate of drug-likeness (QED) is 0.315. The van der Waals surface area contributed by atoms with Crippen LogP contribution >= 0.6 is 0 Å². The van der Waals surface area contributed by atoms with E-state index in [0.717, 1.165) is 40.1 Å². The van der Waals surface area contributed by atoms with Crippen molar-refractivity contribution in [2.75, 3.05) is 18.6 Å². The predicted molar refractivity (Wildman–Crippen MR) is 123 cm³/mol. The van der Waals surface area contributed by atoms with Crippen LogP contribution in [0.5, 0.6) is 11.5 Å². The maximum absolute atomic E-state index is 11.9. The third-order valence-electron chi connectivity index (χ3n) is 5.56. The van der Waals surface area contributed by atoms with Gasteiger partial charge in [-0.25, -0.2) is 0 Å². The van der Waals surface area contributed by atoms with Gasteiger partial charge in [0.1, 0.15) is 0 Å². The summed E-state index contributed by atoms with van der Waals surface area (Å²) in [6, 6.07) is 17.2. The minimum Gasteiger partial charge on any atom is -0.619 e. The van der Waals surface area contributed by atoms with Crippen LogP contribution in [0.1, 0.15) is 18.4 Å². The van der Waals surface area contributed by atoms with Crippen molar-refractivity contribution in [2.24, 2.45) is 0 Å². The van der Waals surface area contributed by atoms with Gasteiger partial charge in [0.05, 0.1) is 20.3 Å². The molecule has 10 nitrogen and oxygen atoms in total.